The van der Waals surface area contributed by atoms with Gasteiger partial charge in [0, 0.05) is 18.7 Å². The van der Waals surface area contributed by atoms with E-state index >= 15 is 0 Å². The van der Waals surface area contributed by atoms with Crippen molar-refractivity contribution in [1.82, 2.24) is 10.2 Å². The summed E-state index contributed by atoms with van der Waals surface area (Å²) in [7, 11) is 0. The van der Waals surface area contributed by atoms with Crippen molar-refractivity contribution in [2.24, 2.45) is 0 Å². The molecule has 0 fully saturated rings. The van der Waals surface area contributed by atoms with E-state index in [9.17, 15) is 4.79 Å². The first-order chi connectivity index (χ1) is 9.01. The van der Waals surface area contributed by atoms with Crippen LogP contribution in [0.2, 0.25) is 0 Å². The van der Waals surface area contributed by atoms with E-state index in [1.807, 2.05) is 26.8 Å². The van der Waals surface area contributed by atoms with Gasteiger partial charge in [-0.2, -0.15) is 0 Å². The molecule has 0 aliphatic heterocycles. The van der Waals surface area contributed by atoms with Gasteiger partial charge in [0.2, 0.25) is 0 Å². The Bertz CT molecular complexity index is 437. The van der Waals surface area contributed by atoms with Crippen LogP contribution < -0.4 is 5.32 Å². The van der Waals surface area contributed by atoms with Gasteiger partial charge in [-0.3, -0.25) is 4.79 Å². The van der Waals surface area contributed by atoms with E-state index in [0.717, 1.165) is 36.3 Å². The molecule has 0 unspecified atom stereocenters. The van der Waals surface area contributed by atoms with E-state index < -0.39 is 0 Å². The van der Waals surface area contributed by atoms with Gasteiger partial charge in [0.25, 0.3) is 5.91 Å². The first-order valence-corrected chi connectivity index (χ1v) is 7.08. The number of carbonyl (C=O) groups is 1. The van der Waals surface area contributed by atoms with Crippen LogP contribution in [0.25, 0.3) is 0 Å². The molecule has 0 saturated carbocycles. The predicted molar refractivity (Wildman–Crippen MR) is 80.8 cm³/mol. The topological polar surface area (TPSA) is 32.3 Å². The summed E-state index contributed by atoms with van der Waals surface area (Å²) in [5, 5.41) is 3.03. The zero-order chi connectivity index (χ0) is 14.4. The molecule has 0 atom stereocenters. The van der Waals surface area contributed by atoms with Crippen molar-refractivity contribution in [1.29, 1.82) is 0 Å². The fourth-order valence-electron chi connectivity index (χ4n) is 2.26. The number of amides is 1. The number of hydrogen-bond donors (Lipinski definition) is 1. The van der Waals surface area contributed by atoms with Crippen molar-refractivity contribution >= 4 is 5.91 Å². The fourth-order valence-corrected chi connectivity index (χ4v) is 2.26. The van der Waals surface area contributed by atoms with E-state index in [4.69, 9.17) is 0 Å². The summed E-state index contributed by atoms with van der Waals surface area (Å²) < 4.78 is 0. The highest BCUT2D eigenvalue weighted by Crippen LogP contribution is 2.17. The average molecular weight is 262 g/mol. The third kappa shape index (κ3) is 4.06. The van der Waals surface area contributed by atoms with Gasteiger partial charge in [0.15, 0.2) is 0 Å². The summed E-state index contributed by atoms with van der Waals surface area (Å²) >= 11 is 0. The van der Waals surface area contributed by atoms with Crippen LogP contribution in [-0.4, -0.2) is 37.0 Å². The molecule has 0 heterocycles. The maximum Gasteiger partial charge on any atom is 0.251 e. The standard InChI is InChI=1S/C16H26N2O/c1-6-18(7-2)11-10-17-16(19)15-13(4)9-8-12(3)14(15)5/h8-9H,6-7,10-11H2,1-5H3,(H,17,19). The van der Waals surface area contributed by atoms with E-state index in [2.05, 4.69) is 30.1 Å². The molecule has 0 aliphatic carbocycles. The lowest BCUT2D eigenvalue weighted by Gasteiger charge is -2.18. The van der Waals surface area contributed by atoms with Gasteiger partial charge in [-0.1, -0.05) is 26.0 Å². The molecule has 0 saturated heterocycles. The molecule has 3 nitrogen and oxygen atoms in total. The maximum atomic E-state index is 12.3. The first kappa shape index (κ1) is 15.7. The number of carbonyl (C=O) groups excluding carboxylic acids is 1. The second-order valence-electron chi connectivity index (χ2n) is 4.98. The molecule has 0 bridgehead atoms. The van der Waals surface area contributed by atoms with E-state index in [1.54, 1.807) is 0 Å². The Balaban J connectivity index is 2.67. The molecule has 1 N–H and O–H groups in total. The SMILES string of the molecule is CCN(CC)CCNC(=O)c1c(C)ccc(C)c1C. The number of benzene rings is 1. The highest BCUT2D eigenvalue weighted by atomic mass is 16.1. The molecule has 1 aromatic carbocycles. The Hall–Kier alpha value is -1.35. The van der Waals surface area contributed by atoms with Crippen molar-refractivity contribution in [3.63, 3.8) is 0 Å². The quantitative estimate of drug-likeness (QED) is 0.855. The highest BCUT2D eigenvalue weighted by molar-refractivity contribution is 5.97. The fraction of sp³-hybridized carbons (Fsp3) is 0.562. The molecule has 3 heteroatoms. The number of hydrogen-bond acceptors (Lipinski definition) is 2. The Morgan fingerprint density at radius 3 is 2.26 bits per heavy atom. The molecular formula is C16H26N2O. The number of rotatable bonds is 6. The molecule has 106 valence electrons. The number of aryl methyl sites for hydroxylation is 2. The summed E-state index contributed by atoms with van der Waals surface area (Å²) in [5.74, 6) is 0.0471. The van der Waals surface area contributed by atoms with E-state index in [0.29, 0.717) is 6.54 Å². The zero-order valence-corrected chi connectivity index (χ0v) is 12.8. The Kier molecular flexibility index (Phi) is 6.03. The average Bonchev–Trinajstić information content (AvgIpc) is 2.39. The molecule has 0 radical (unpaired) electrons. The largest absolute Gasteiger partial charge is 0.351 e. The molecule has 1 amide bonds. The van der Waals surface area contributed by atoms with Crippen molar-refractivity contribution in [2.45, 2.75) is 34.6 Å². The van der Waals surface area contributed by atoms with Crippen molar-refractivity contribution in [3.05, 3.63) is 34.4 Å². The maximum absolute atomic E-state index is 12.3. The highest BCUT2D eigenvalue weighted by Gasteiger charge is 2.13. The lowest BCUT2D eigenvalue weighted by Crippen LogP contribution is -2.35. The van der Waals surface area contributed by atoms with Gasteiger partial charge < -0.3 is 10.2 Å². The van der Waals surface area contributed by atoms with Gasteiger partial charge in [-0.15, -0.1) is 0 Å². The summed E-state index contributed by atoms with van der Waals surface area (Å²) in [6.07, 6.45) is 0. The van der Waals surface area contributed by atoms with Crippen LogP contribution in [0.15, 0.2) is 12.1 Å². The Morgan fingerprint density at radius 1 is 1.11 bits per heavy atom. The molecule has 1 aromatic rings. The van der Waals surface area contributed by atoms with Gasteiger partial charge in [-0.25, -0.2) is 0 Å². The molecule has 0 aromatic heterocycles. The Labute approximate surface area is 117 Å². The lowest BCUT2D eigenvalue weighted by molar-refractivity contribution is 0.0947. The van der Waals surface area contributed by atoms with Crippen LogP contribution in [-0.2, 0) is 0 Å². The molecule has 19 heavy (non-hydrogen) atoms. The van der Waals surface area contributed by atoms with Gasteiger partial charge in [0.1, 0.15) is 0 Å². The first-order valence-electron chi connectivity index (χ1n) is 7.08. The predicted octanol–water partition coefficient (Wildman–Crippen LogP) is 2.68. The van der Waals surface area contributed by atoms with Crippen molar-refractivity contribution in [3.8, 4) is 0 Å². The van der Waals surface area contributed by atoms with E-state index in [-0.39, 0.29) is 5.91 Å². The molecule has 0 spiro atoms. The van der Waals surface area contributed by atoms with Crippen LogP contribution in [0.4, 0.5) is 0 Å². The zero-order valence-electron chi connectivity index (χ0n) is 12.8. The molecule has 0 aliphatic rings. The van der Waals surface area contributed by atoms with Crippen LogP contribution in [0.1, 0.15) is 40.9 Å². The monoisotopic (exact) mass is 262 g/mol. The number of nitrogens with zero attached hydrogens (tertiary/aromatic N) is 1. The van der Waals surface area contributed by atoms with Crippen LogP contribution in [0.3, 0.4) is 0 Å². The van der Waals surface area contributed by atoms with E-state index in [1.165, 1.54) is 5.56 Å². The van der Waals surface area contributed by atoms with Crippen LogP contribution >= 0.6 is 0 Å². The number of nitrogens with one attached hydrogen (secondary N) is 1. The van der Waals surface area contributed by atoms with Crippen molar-refractivity contribution in [2.75, 3.05) is 26.2 Å². The smallest absolute Gasteiger partial charge is 0.251 e. The van der Waals surface area contributed by atoms with Crippen LogP contribution in [0.5, 0.6) is 0 Å². The minimum Gasteiger partial charge on any atom is -0.351 e. The Morgan fingerprint density at radius 2 is 1.68 bits per heavy atom. The second kappa shape index (κ2) is 7.29. The minimum absolute atomic E-state index is 0.0471. The third-order valence-corrected chi connectivity index (χ3v) is 3.78. The second-order valence-corrected chi connectivity index (χ2v) is 4.98. The third-order valence-electron chi connectivity index (χ3n) is 3.78. The lowest BCUT2D eigenvalue weighted by atomic mass is 9.98. The molecule has 1 rings (SSSR count). The van der Waals surface area contributed by atoms with Crippen molar-refractivity contribution < 1.29 is 4.79 Å². The summed E-state index contributed by atoms with van der Waals surface area (Å²) in [6.45, 7) is 14.0. The summed E-state index contributed by atoms with van der Waals surface area (Å²) in [5.41, 5.74) is 4.13. The number of likely N-dealkylation sites (N-methyl/N-ethyl adjacent to an activating group) is 1. The summed E-state index contributed by atoms with van der Waals surface area (Å²) in [6, 6.07) is 4.08. The normalized spacial score (nSPS) is 10.8. The van der Waals surface area contributed by atoms with Gasteiger partial charge in [-0.05, 0) is 50.6 Å². The van der Waals surface area contributed by atoms with Gasteiger partial charge >= 0.3 is 0 Å². The minimum atomic E-state index is 0.0471. The summed E-state index contributed by atoms with van der Waals surface area (Å²) in [4.78, 5) is 14.6. The molecular weight excluding hydrogens is 236 g/mol. The van der Waals surface area contributed by atoms with Crippen LogP contribution in [0, 0.1) is 20.8 Å². The van der Waals surface area contributed by atoms with Gasteiger partial charge in [0.05, 0.1) is 0 Å².